The van der Waals surface area contributed by atoms with E-state index in [-0.39, 0.29) is 27.0 Å². The molecule has 5 nitrogen and oxygen atoms in total. The van der Waals surface area contributed by atoms with Crippen molar-refractivity contribution in [1.82, 2.24) is 15.0 Å². The molecule has 0 saturated heterocycles. The first-order valence-electron chi connectivity index (χ1n) is 9.62. The van der Waals surface area contributed by atoms with E-state index >= 15 is 0 Å². The molecule has 1 amide bonds. The molecule has 0 aliphatic heterocycles. The zero-order chi connectivity index (χ0) is 21.0. The van der Waals surface area contributed by atoms with Crippen LogP contribution in [0.5, 0.6) is 0 Å². The smallest absolute Gasteiger partial charge is 0.621 e. The third-order valence-corrected chi connectivity index (χ3v) is 4.86. The Labute approximate surface area is 196 Å². The van der Waals surface area contributed by atoms with Gasteiger partial charge in [0.05, 0.1) is 11.4 Å². The van der Waals surface area contributed by atoms with Crippen LogP contribution in [0.1, 0.15) is 35.7 Å². The summed E-state index contributed by atoms with van der Waals surface area (Å²) < 4.78 is 0. The monoisotopic (exact) mass is 587 g/mol. The fourth-order valence-electron chi connectivity index (χ4n) is 3.11. The van der Waals surface area contributed by atoms with Crippen molar-refractivity contribution in [2.24, 2.45) is 0 Å². The number of hydrogen-bond donors (Lipinski definition) is 0. The molecule has 0 spiro atoms. The van der Waals surface area contributed by atoms with Crippen LogP contribution in [0.3, 0.4) is 0 Å². The van der Waals surface area contributed by atoms with Gasteiger partial charge in [0.15, 0.2) is 0 Å². The molecular weight excluding hydrogens is 567 g/mol. The van der Waals surface area contributed by atoms with Gasteiger partial charge in [-0.2, -0.15) is 0 Å². The minimum atomic E-state index is -0.513. The third-order valence-electron chi connectivity index (χ3n) is 4.86. The number of aromatic nitrogens is 3. The first-order valence-corrected chi connectivity index (χ1v) is 9.62. The molecule has 3 aromatic heterocycles. The molecule has 3 heterocycles. The van der Waals surface area contributed by atoms with E-state index in [4.69, 9.17) is 4.98 Å². The Morgan fingerprint density at radius 1 is 0.903 bits per heavy atom. The SMILES string of the molecule is CC(C)(c1cccc(C(=O)[N-]c2ccccc2)n1)c1cccc(-c2[c-]ccnc2)n1.[Pt+2]. The Morgan fingerprint density at radius 2 is 1.61 bits per heavy atom. The van der Waals surface area contributed by atoms with Gasteiger partial charge in [-0.3, -0.25) is 4.98 Å². The third kappa shape index (κ3) is 5.12. The van der Waals surface area contributed by atoms with E-state index in [9.17, 15) is 4.79 Å². The molecule has 0 atom stereocenters. The number of carbonyl (C=O) groups excluding carboxylic acids is 1. The van der Waals surface area contributed by atoms with Crippen LogP contribution in [-0.4, -0.2) is 20.9 Å². The standard InChI is InChI=1S/C25H21N4O.Pt/c1-25(2,22-14-6-12-20(28-22)18-9-8-16-26-17-18)23-15-7-13-21(29-23)24(30)27-19-10-4-3-5-11-19;/h3-8,10-17H,1-2H3,(H,27,30);/q-1;+2/p-1. The van der Waals surface area contributed by atoms with Crippen LogP contribution in [0.15, 0.2) is 85.2 Å². The Balaban J connectivity index is 0.00000272. The Hall–Kier alpha value is -3.17. The molecule has 0 bridgehead atoms. The van der Waals surface area contributed by atoms with Gasteiger partial charge in [-0.1, -0.05) is 60.9 Å². The summed E-state index contributed by atoms with van der Waals surface area (Å²) in [6, 6.07) is 25.3. The van der Waals surface area contributed by atoms with Gasteiger partial charge in [0, 0.05) is 11.1 Å². The van der Waals surface area contributed by atoms with Crippen molar-refractivity contribution < 1.29 is 25.9 Å². The Morgan fingerprint density at radius 3 is 2.32 bits per heavy atom. The van der Waals surface area contributed by atoms with Gasteiger partial charge < -0.3 is 20.1 Å². The van der Waals surface area contributed by atoms with E-state index in [0.29, 0.717) is 11.4 Å². The average Bonchev–Trinajstić information content (AvgIpc) is 2.80. The second-order valence-electron chi connectivity index (χ2n) is 7.35. The maximum Gasteiger partial charge on any atom is 2.00 e. The molecule has 1 aromatic carbocycles. The molecule has 6 heteroatoms. The minimum absolute atomic E-state index is 0. The topological polar surface area (TPSA) is 69.8 Å². The maximum absolute atomic E-state index is 12.6. The summed E-state index contributed by atoms with van der Waals surface area (Å²) in [5.41, 5.74) is 3.61. The van der Waals surface area contributed by atoms with Gasteiger partial charge in [-0.25, -0.2) is 0 Å². The second kappa shape index (κ2) is 9.76. The number of hydrogen-bond acceptors (Lipinski definition) is 4. The normalized spacial score (nSPS) is 10.8. The predicted octanol–water partition coefficient (Wildman–Crippen LogP) is 5.51. The van der Waals surface area contributed by atoms with E-state index in [2.05, 4.69) is 21.4 Å². The summed E-state index contributed by atoms with van der Waals surface area (Å²) in [4.78, 5) is 26.2. The summed E-state index contributed by atoms with van der Waals surface area (Å²) in [5.74, 6) is -0.370. The summed E-state index contributed by atoms with van der Waals surface area (Å²) in [7, 11) is 0. The molecule has 0 unspecified atom stereocenters. The second-order valence-corrected chi connectivity index (χ2v) is 7.35. The van der Waals surface area contributed by atoms with Crippen LogP contribution in [0.4, 0.5) is 5.69 Å². The number of amides is 1. The maximum atomic E-state index is 12.6. The van der Waals surface area contributed by atoms with Crippen LogP contribution in [-0.2, 0) is 26.5 Å². The van der Waals surface area contributed by atoms with Crippen molar-refractivity contribution in [3.05, 3.63) is 114 Å². The molecule has 4 aromatic rings. The van der Waals surface area contributed by atoms with Crippen LogP contribution in [0.2, 0.25) is 0 Å². The van der Waals surface area contributed by atoms with E-state index in [0.717, 1.165) is 22.6 Å². The Bertz CT molecular complexity index is 1160. The number of benzene rings is 1. The van der Waals surface area contributed by atoms with E-state index in [1.165, 1.54) is 0 Å². The molecule has 0 saturated carbocycles. The average molecular weight is 588 g/mol. The molecule has 0 aliphatic carbocycles. The summed E-state index contributed by atoms with van der Waals surface area (Å²) in [6.45, 7) is 4.08. The van der Waals surface area contributed by atoms with Crippen LogP contribution < -0.4 is 0 Å². The zero-order valence-corrected chi connectivity index (χ0v) is 19.4. The number of nitrogens with zero attached hydrogens (tertiary/aromatic N) is 4. The molecule has 0 N–H and O–H groups in total. The predicted molar refractivity (Wildman–Crippen MR) is 116 cm³/mol. The number of rotatable bonds is 5. The van der Waals surface area contributed by atoms with E-state index < -0.39 is 5.41 Å². The molecule has 0 radical (unpaired) electrons. The van der Waals surface area contributed by atoms with Gasteiger partial charge in [-0.05, 0) is 37.7 Å². The van der Waals surface area contributed by atoms with Gasteiger partial charge in [0.2, 0.25) is 0 Å². The minimum Gasteiger partial charge on any atom is -0.621 e. The van der Waals surface area contributed by atoms with Crippen LogP contribution in [0.25, 0.3) is 16.6 Å². The van der Waals surface area contributed by atoms with Crippen molar-refractivity contribution >= 4 is 11.6 Å². The van der Waals surface area contributed by atoms with Crippen molar-refractivity contribution in [2.45, 2.75) is 19.3 Å². The molecule has 31 heavy (non-hydrogen) atoms. The zero-order valence-electron chi connectivity index (χ0n) is 17.1. The van der Waals surface area contributed by atoms with Gasteiger partial charge in [0.1, 0.15) is 5.91 Å². The van der Waals surface area contributed by atoms with E-state index in [1.54, 1.807) is 36.7 Å². The molecule has 4 rings (SSSR count). The van der Waals surface area contributed by atoms with E-state index in [1.807, 2.05) is 62.4 Å². The van der Waals surface area contributed by atoms with Gasteiger partial charge in [-0.15, -0.1) is 23.4 Å². The molecule has 0 aliphatic rings. The first kappa shape index (κ1) is 22.5. The van der Waals surface area contributed by atoms with Crippen LogP contribution >= 0.6 is 0 Å². The number of pyridine rings is 3. The summed E-state index contributed by atoms with van der Waals surface area (Å²) in [6.07, 6.45) is 3.42. The van der Waals surface area contributed by atoms with Crippen molar-refractivity contribution in [3.8, 4) is 11.3 Å². The van der Waals surface area contributed by atoms with Crippen LogP contribution in [0, 0.1) is 6.07 Å². The quantitative estimate of drug-likeness (QED) is 0.289. The first-order chi connectivity index (χ1) is 14.5. The Kier molecular flexibility index (Phi) is 7.09. The van der Waals surface area contributed by atoms with Gasteiger partial charge >= 0.3 is 21.1 Å². The molecule has 156 valence electrons. The van der Waals surface area contributed by atoms with Gasteiger partial charge in [0.25, 0.3) is 0 Å². The van der Waals surface area contributed by atoms with Crippen molar-refractivity contribution in [3.63, 3.8) is 0 Å². The van der Waals surface area contributed by atoms with Crippen molar-refractivity contribution in [1.29, 1.82) is 0 Å². The summed E-state index contributed by atoms with van der Waals surface area (Å²) in [5, 5.41) is 4.15. The van der Waals surface area contributed by atoms with Crippen molar-refractivity contribution in [2.75, 3.05) is 0 Å². The molecule has 0 fully saturated rings. The number of carbonyl (C=O) groups is 1. The number of para-hydroxylation sites is 1. The fourth-order valence-corrected chi connectivity index (χ4v) is 3.11. The fraction of sp³-hybridized carbons (Fsp3) is 0.120. The summed E-state index contributed by atoms with van der Waals surface area (Å²) >= 11 is 0. The molecular formula is C25H20N4OPt. The largest absolute Gasteiger partial charge is 2.00 e.